The van der Waals surface area contributed by atoms with Crippen molar-refractivity contribution in [1.29, 1.82) is 0 Å². The molecule has 1 aliphatic heterocycles. The van der Waals surface area contributed by atoms with Gasteiger partial charge in [-0.1, -0.05) is 54.6 Å². The Balaban J connectivity index is 1.26. The Labute approximate surface area is 225 Å². The van der Waals surface area contributed by atoms with Crippen molar-refractivity contribution in [2.75, 3.05) is 6.54 Å². The number of rotatable bonds is 7. The van der Waals surface area contributed by atoms with Crippen molar-refractivity contribution in [3.05, 3.63) is 102 Å². The number of alkyl halides is 1. The molecule has 2 heterocycles. The predicted molar refractivity (Wildman–Crippen MR) is 144 cm³/mol. The van der Waals surface area contributed by atoms with Gasteiger partial charge in [0.2, 0.25) is 11.8 Å². The van der Waals surface area contributed by atoms with E-state index in [0.29, 0.717) is 11.1 Å². The van der Waals surface area contributed by atoms with E-state index in [4.69, 9.17) is 0 Å². The second-order valence-corrected chi connectivity index (χ2v) is 10.6. The number of carbonyl (C=O) groups is 2. The molecule has 0 radical (unpaired) electrons. The molecule has 4 aromatic rings. The summed E-state index contributed by atoms with van der Waals surface area (Å²) in [5.74, 6) is -0.840. The zero-order chi connectivity index (χ0) is 27.1. The summed E-state index contributed by atoms with van der Waals surface area (Å²) in [7, 11) is 0. The highest BCUT2D eigenvalue weighted by Crippen LogP contribution is 2.42. The first-order valence-corrected chi connectivity index (χ1v) is 13.4. The maximum absolute atomic E-state index is 15.0. The highest BCUT2D eigenvalue weighted by molar-refractivity contribution is 5.91. The number of likely N-dealkylation sites (tertiary alicyclic amines) is 1. The molecule has 200 valence electrons. The molecule has 1 N–H and O–H groups in total. The van der Waals surface area contributed by atoms with Crippen molar-refractivity contribution in [2.45, 2.75) is 56.4 Å². The molecule has 1 saturated carbocycles. The number of imidazole rings is 1. The second kappa shape index (κ2) is 10.2. The molecule has 4 atom stereocenters. The number of para-hydroxylation sites is 2. The number of hydrogen-bond acceptors (Lipinski definition) is 3. The van der Waals surface area contributed by atoms with Gasteiger partial charge in [0.1, 0.15) is 24.1 Å². The number of carbonyl (C=O) groups excluding carboxylic acids is 2. The van der Waals surface area contributed by atoms with Crippen molar-refractivity contribution in [3.8, 4) is 0 Å². The monoisotopic (exact) mass is 528 g/mol. The smallest absolute Gasteiger partial charge is 0.246 e. The molecule has 39 heavy (non-hydrogen) atoms. The molecule has 0 spiro atoms. The van der Waals surface area contributed by atoms with Gasteiger partial charge in [-0.15, -0.1) is 0 Å². The SMILES string of the molecule is CC(C(=O)N1C[C@H](F)C[C@H]1C(=O)N[C@@H](c1ccccc1)c1ccc(C2CC2)c(F)c1)n1cnc2ccccc21. The molecule has 2 aliphatic rings. The van der Waals surface area contributed by atoms with Gasteiger partial charge in [-0.2, -0.15) is 0 Å². The standard InChI is InChI=1S/C31H30F2N4O2/c1-19(37-18-34-26-9-5-6-10-27(26)37)31(39)36-17-23(32)16-28(36)30(38)35-29(21-7-3-2-4-8-21)22-13-14-24(20-11-12-20)25(33)15-22/h2-10,13-15,18-20,23,28-29H,11-12,16-17H2,1H3,(H,35,38)/t19?,23-,28+,29+/m1/s1. The van der Waals surface area contributed by atoms with E-state index in [1.165, 1.54) is 11.0 Å². The van der Waals surface area contributed by atoms with E-state index in [9.17, 15) is 18.4 Å². The van der Waals surface area contributed by atoms with Gasteiger partial charge in [-0.25, -0.2) is 13.8 Å². The minimum absolute atomic E-state index is 0.0918. The van der Waals surface area contributed by atoms with Crippen LogP contribution in [0.2, 0.25) is 0 Å². The lowest BCUT2D eigenvalue weighted by molar-refractivity contribution is -0.140. The van der Waals surface area contributed by atoms with Gasteiger partial charge >= 0.3 is 0 Å². The van der Waals surface area contributed by atoms with Crippen LogP contribution in [0.3, 0.4) is 0 Å². The highest BCUT2D eigenvalue weighted by Gasteiger charge is 2.42. The van der Waals surface area contributed by atoms with Crippen molar-refractivity contribution < 1.29 is 18.4 Å². The summed E-state index contributed by atoms with van der Waals surface area (Å²) in [6.45, 7) is 1.57. The number of fused-ring (bicyclic) bond motifs is 1. The lowest BCUT2D eigenvalue weighted by Gasteiger charge is -2.29. The van der Waals surface area contributed by atoms with E-state index >= 15 is 0 Å². The largest absolute Gasteiger partial charge is 0.343 e. The third-order valence-electron chi connectivity index (χ3n) is 7.89. The molecule has 0 bridgehead atoms. The Hall–Kier alpha value is -4.07. The van der Waals surface area contributed by atoms with E-state index in [1.807, 2.05) is 60.7 Å². The fraction of sp³-hybridized carbons (Fsp3) is 0.323. The van der Waals surface area contributed by atoms with Gasteiger partial charge < -0.3 is 14.8 Å². The van der Waals surface area contributed by atoms with Crippen LogP contribution in [0.4, 0.5) is 8.78 Å². The zero-order valence-electron chi connectivity index (χ0n) is 21.6. The Morgan fingerprint density at radius 1 is 1.00 bits per heavy atom. The van der Waals surface area contributed by atoms with Crippen LogP contribution in [0.5, 0.6) is 0 Å². The van der Waals surface area contributed by atoms with Crippen LogP contribution in [0.25, 0.3) is 11.0 Å². The molecule has 1 aliphatic carbocycles. The van der Waals surface area contributed by atoms with E-state index in [1.54, 1.807) is 23.9 Å². The fourth-order valence-corrected chi connectivity index (χ4v) is 5.61. The number of hydrogen-bond donors (Lipinski definition) is 1. The van der Waals surface area contributed by atoms with E-state index < -0.39 is 30.2 Å². The lowest BCUT2D eigenvalue weighted by Crippen LogP contribution is -2.48. The maximum atomic E-state index is 15.0. The van der Waals surface area contributed by atoms with Crippen LogP contribution in [0.1, 0.15) is 60.9 Å². The first kappa shape index (κ1) is 25.2. The van der Waals surface area contributed by atoms with Crippen LogP contribution < -0.4 is 5.32 Å². The van der Waals surface area contributed by atoms with Gasteiger partial charge in [0.15, 0.2) is 0 Å². The number of halogens is 2. The third-order valence-corrected chi connectivity index (χ3v) is 7.89. The number of nitrogens with one attached hydrogen (secondary N) is 1. The molecular weight excluding hydrogens is 498 g/mol. The summed E-state index contributed by atoms with van der Waals surface area (Å²) in [5, 5.41) is 3.01. The van der Waals surface area contributed by atoms with E-state index in [2.05, 4.69) is 10.3 Å². The van der Waals surface area contributed by atoms with Crippen LogP contribution in [0.15, 0.2) is 79.1 Å². The average molecular weight is 529 g/mol. The summed E-state index contributed by atoms with van der Waals surface area (Å²) >= 11 is 0. The molecule has 1 unspecified atom stereocenters. The second-order valence-electron chi connectivity index (χ2n) is 10.6. The molecule has 8 heteroatoms. The zero-order valence-corrected chi connectivity index (χ0v) is 21.6. The number of nitrogens with zero attached hydrogens (tertiary/aromatic N) is 3. The van der Waals surface area contributed by atoms with Gasteiger partial charge in [0.25, 0.3) is 0 Å². The van der Waals surface area contributed by atoms with Crippen LogP contribution in [-0.2, 0) is 9.59 Å². The normalized spacial score (nSPS) is 20.6. The highest BCUT2D eigenvalue weighted by atomic mass is 19.1. The van der Waals surface area contributed by atoms with Crippen molar-refractivity contribution in [3.63, 3.8) is 0 Å². The minimum atomic E-state index is -1.32. The summed E-state index contributed by atoms with van der Waals surface area (Å²) < 4.78 is 31.5. The van der Waals surface area contributed by atoms with Gasteiger partial charge in [-0.05, 0) is 60.6 Å². The molecule has 3 aromatic carbocycles. The van der Waals surface area contributed by atoms with E-state index in [-0.39, 0.29) is 30.6 Å². The molecule has 6 rings (SSSR count). The third kappa shape index (κ3) is 4.91. The van der Waals surface area contributed by atoms with Crippen molar-refractivity contribution in [2.24, 2.45) is 0 Å². The van der Waals surface area contributed by atoms with Gasteiger partial charge in [-0.3, -0.25) is 9.59 Å². The van der Waals surface area contributed by atoms with Crippen LogP contribution in [0, 0.1) is 5.82 Å². The molecule has 2 amide bonds. The Kier molecular flexibility index (Phi) is 6.62. The van der Waals surface area contributed by atoms with Crippen LogP contribution >= 0.6 is 0 Å². The Bertz CT molecular complexity index is 1520. The number of amides is 2. The molecule has 1 saturated heterocycles. The van der Waals surface area contributed by atoms with Gasteiger partial charge in [0.05, 0.1) is 29.9 Å². The predicted octanol–water partition coefficient (Wildman–Crippen LogP) is 5.46. The van der Waals surface area contributed by atoms with Crippen molar-refractivity contribution in [1.82, 2.24) is 19.8 Å². The van der Waals surface area contributed by atoms with Gasteiger partial charge in [0, 0.05) is 6.42 Å². The lowest BCUT2D eigenvalue weighted by atomic mass is 9.96. The summed E-state index contributed by atoms with van der Waals surface area (Å²) in [4.78, 5) is 33.0. The average Bonchev–Trinajstić information content (AvgIpc) is 3.58. The first-order valence-electron chi connectivity index (χ1n) is 13.4. The topological polar surface area (TPSA) is 67.2 Å². The van der Waals surface area contributed by atoms with E-state index in [0.717, 1.165) is 29.4 Å². The summed E-state index contributed by atoms with van der Waals surface area (Å²) in [5.41, 5.74) is 3.61. The van der Waals surface area contributed by atoms with Crippen molar-refractivity contribution >= 4 is 22.8 Å². The molecule has 6 nitrogen and oxygen atoms in total. The fourth-order valence-electron chi connectivity index (χ4n) is 5.61. The molecular formula is C31H30F2N4O2. The number of benzene rings is 3. The molecule has 2 fully saturated rings. The molecule has 1 aromatic heterocycles. The minimum Gasteiger partial charge on any atom is -0.343 e. The summed E-state index contributed by atoms with van der Waals surface area (Å²) in [6, 6.07) is 19.6. The Morgan fingerprint density at radius 3 is 2.49 bits per heavy atom. The Morgan fingerprint density at radius 2 is 1.74 bits per heavy atom. The first-order chi connectivity index (χ1) is 18.9. The maximum Gasteiger partial charge on any atom is 0.246 e. The van der Waals surface area contributed by atoms with Crippen LogP contribution in [-0.4, -0.2) is 45.0 Å². The number of aromatic nitrogens is 2. The summed E-state index contributed by atoms with van der Waals surface area (Å²) in [6.07, 6.45) is 2.15. The quantitative estimate of drug-likeness (QED) is 0.347.